The Morgan fingerprint density at radius 3 is 2.36 bits per heavy atom. The molecule has 0 spiro atoms. The number of imide groups is 1. The van der Waals surface area contributed by atoms with Gasteiger partial charge in [0.15, 0.2) is 0 Å². The van der Waals surface area contributed by atoms with E-state index in [-0.39, 0.29) is 40.6 Å². The molecule has 218 valence electrons. The number of carbonyl (C=O) groups is 3. The Morgan fingerprint density at radius 2 is 1.72 bits per heavy atom. The van der Waals surface area contributed by atoms with Crippen molar-refractivity contribution in [3.63, 3.8) is 0 Å². The molecule has 0 aromatic heterocycles. The average molecular weight is 543 g/mol. The van der Waals surface area contributed by atoms with E-state index in [1.54, 1.807) is 7.11 Å². The van der Waals surface area contributed by atoms with E-state index >= 15 is 0 Å². The molecule has 0 radical (unpaired) electrons. The van der Waals surface area contributed by atoms with Gasteiger partial charge in [-0.1, -0.05) is 40.5 Å². The number of hydrogen-bond acceptors (Lipinski definition) is 6. The summed E-state index contributed by atoms with van der Waals surface area (Å²) in [5.74, 6) is 1.09. The zero-order valence-electron chi connectivity index (χ0n) is 24.8. The molecule has 7 nitrogen and oxygen atoms in total. The van der Waals surface area contributed by atoms with Crippen molar-refractivity contribution in [2.75, 3.05) is 26.7 Å². The lowest BCUT2D eigenvalue weighted by Gasteiger charge is -2.62. The van der Waals surface area contributed by atoms with Crippen LogP contribution in [0.5, 0.6) is 0 Å². The molecule has 39 heavy (non-hydrogen) atoms. The quantitative estimate of drug-likeness (QED) is 0.525. The lowest BCUT2D eigenvalue weighted by molar-refractivity contribution is -0.195. The van der Waals surface area contributed by atoms with Crippen molar-refractivity contribution in [1.82, 2.24) is 10.2 Å². The smallest absolute Gasteiger partial charge is 0.414 e. The van der Waals surface area contributed by atoms with Gasteiger partial charge < -0.3 is 14.4 Å². The van der Waals surface area contributed by atoms with Gasteiger partial charge in [-0.15, -0.1) is 0 Å². The molecule has 1 N–H and O–H groups in total. The molecule has 2 amide bonds. The summed E-state index contributed by atoms with van der Waals surface area (Å²) in [5.41, 5.74) is -1.02. The number of Topliss-reactive ketones (excluding diaryl/α,β-unsaturated/α-hetero) is 1. The van der Waals surface area contributed by atoms with Crippen molar-refractivity contribution in [3.8, 4) is 0 Å². The van der Waals surface area contributed by atoms with Crippen molar-refractivity contribution in [2.45, 2.75) is 104 Å². The fraction of sp³-hybridized carbons (Fsp3) is 0.906. The Bertz CT molecular complexity index is 1010. The second-order valence-electron chi connectivity index (χ2n) is 14.8. The van der Waals surface area contributed by atoms with Gasteiger partial charge >= 0.3 is 6.09 Å². The summed E-state index contributed by atoms with van der Waals surface area (Å²) in [6.07, 6.45) is 8.94. The number of alkyl carbamates (subject to hydrolysis) is 1. The summed E-state index contributed by atoms with van der Waals surface area (Å²) in [6.45, 7) is 11.7. The molecule has 4 saturated carbocycles. The predicted octanol–water partition coefficient (Wildman–Crippen LogP) is 5.21. The topological polar surface area (TPSA) is 84.9 Å². The van der Waals surface area contributed by atoms with Gasteiger partial charge in [-0.2, -0.15) is 0 Å². The first-order valence-corrected chi connectivity index (χ1v) is 15.9. The molecule has 3 unspecified atom stereocenters. The summed E-state index contributed by atoms with van der Waals surface area (Å²) in [6, 6.07) is 0. The number of nitrogens with one attached hydrogen (secondary N) is 1. The van der Waals surface area contributed by atoms with Crippen LogP contribution < -0.4 is 5.32 Å². The number of nitrogens with zero attached hydrogens (tertiary/aromatic N) is 1. The molecule has 6 aliphatic rings. The van der Waals surface area contributed by atoms with E-state index in [0.717, 1.165) is 77.4 Å². The summed E-state index contributed by atoms with van der Waals surface area (Å²) in [5, 5.41) is 2.65. The first-order chi connectivity index (χ1) is 18.5. The van der Waals surface area contributed by atoms with E-state index in [2.05, 4.69) is 37.9 Å². The van der Waals surface area contributed by atoms with E-state index < -0.39 is 17.6 Å². The van der Waals surface area contributed by atoms with Crippen LogP contribution >= 0.6 is 0 Å². The first kappa shape index (κ1) is 27.7. The highest BCUT2D eigenvalue weighted by Gasteiger charge is 2.69. The number of methoxy groups -OCH3 is 1. The molecule has 2 saturated heterocycles. The van der Waals surface area contributed by atoms with Crippen molar-refractivity contribution in [2.24, 2.45) is 51.8 Å². The van der Waals surface area contributed by atoms with Crippen LogP contribution in [0, 0.1) is 51.8 Å². The molecule has 6 rings (SSSR count). The number of fused-ring (bicyclic) bond motifs is 2. The maximum atomic E-state index is 14.6. The molecular weight excluding hydrogens is 492 g/mol. The molecular formula is C32H50N2O5. The van der Waals surface area contributed by atoms with E-state index in [1.807, 2.05) is 0 Å². The second kappa shape index (κ2) is 9.82. The maximum Gasteiger partial charge on any atom is 0.414 e. The molecule has 4 bridgehead atoms. The average Bonchev–Trinajstić information content (AvgIpc) is 3.73. The van der Waals surface area contributed by atoms with E-state index in [0.29, 0.717) is 30.0 Å². The van der Waals surface area contributed by atoms with E-state index in [9.17, 15) is 14.4 Å². The molecule has 6 fully saturated rings. The van der Waals surface area contributed by atoms with Crippen LogP contribution in [0.1, 0.15) is 91.9 Å². The highest BCUT2D eigenvalue weighted by molar-refractivity contribution is 5.94. The number of piperidine rings is 1. The van der Waals surface area contributed by atoms with Gasteiger partial charge in [-0.25, -0.2) is 4.79 Å². The third-order valence-electron chi connectivity index (χ3n) is 13.5. The summed E-state index contributed by atoms with van der Waals surface area (Å²) in [7, 11) is 1.80. The van der Waals surface area contributed by atoms with Gasteiger partial charge in [-0.3, -0.25) is 14.9 Å². The monoisotopic (exact) mass is 542 g/mol. The van der Waals surface area contributed by atoms with Gasteiger partial charge in [0.1, 0.15) is 11.9 Å². The molecule has 7 heteroatoms. The zero-order valence-corrected chi connectivity index (χ0v) is 24.8. The second-order valence-corrected chi connectivity index (χ2v) is 14.8. The minimum atomic E-state index is -0.630. The van der Waals surface area contributed by atoms with Crippen LogP contribution in [-0.2, 0) is 19.1 Å². The fourth-order valence-electron chi connectivity index (χ4n) is 11.0. The lowest BCUT2D eigenvalue weighted by Crippen LogP contribution is -2.64. The van der Waals surface area contributed by atoms with Gasteiger partial charge in [0, 0.05) is 42.9 Å². The zero-order chi connectivity index (χ0) is 27.7. The lowest BCUT2D eigenvalue weighted by atomic mass is 9.43. The SMILES string of the molecule is CO[C@@H]1CCC23CC[C@@H](C)[C@](C)(C12)[C@H](OC(=O)NC(=O)[C@H]1CN2CC[C@@H]1C2)C[C@@](C)(C1CCCC1)C(=O)[C@@H]3C. The Labute approximate surface area is 234 Å². The Morgan fingerprint density at radius 1 is 1.00 bits per heavy atom. The van der Waals surface area contributed by atoms with Gasteiger partial charge in [0.05, 0.1) is 12.0 Å². The molecule has 4 aliphatic carbocycles. The highest BCUT2D eigenvalue weighted by atomic mass is 16.6. The summed E-state index contributed by atoms with van der Waals surface area (Å²) < 4.78 is 12.6. The van der Waals surface area contributed by atoms with Gasteiger partial charge in [0.2, 0.25) is 5.91 Å². The number of amides is 2. The van der Waals surface area contributed by atoms with Crippen LogP contribution in [0.15, 0.2) is 0 Å². The minimum absolute atomic E-state index is 0.0378. The summed E-state index contributed by atoms with van der Waals surface area (Å²) in [4.78, 5) is 43.6. The summed E-state index contributed by atoms with van der Waals surface area (Å²) >= 11 is 0. The van der Waals surface area contributed by atoms with Crippen molar-refractivity contribution in [3.05, 3.63) is 0 Å². The van der Waals surface area contributed by atoms with Crippen LogP contribution in [0.4, 0.5) is 4.79 Å². The highest BCUT2D eigenvalue weighted by Crippen LogP contribution is 2.69. The fourth-order valence-corrected chi connectivity index (χ4v) is 11.0. The number of ketones is 1. The number of hydrogen-bond donors (Lipinski definition) is 1. The largest absolute Gasteiger partial charge is 0.445 e. The molecule has 0 aromatic carbocycles. The van der Waals surface area contributed by atoms with E-state index in [1.165, 1.54) is 0 Å². The van der Waals surface area contributed by atoms with Crippen LogP contribution in [0.2, 0.25) is 0 Å². The van der Waals surface area contributed by atoms with Crippen molar-refractivity contribution >= 4 is 17.8 Å². The molecule has 2 aliphatic heterocycles. The Balaban J connectivity index is 1.35. The number of ether oxygens (including phenoxy) is 2. The Hall–Kier alpha value is -1.47. The third-order valence-corrected chi connectivity index (χ3v) is 13.5. The molecule has 11 atom stereocenters. The minimum Gasteiger partial charge on any atom is -0.445 e. The molecule has 2 heterocycles. The molecule has 0 aromatic rings. The van der Waals surface area contributed by atoms with Gasteiger partial charge in [0.25, 0.3) is 0 Å². The normalized spacial score (nSPS) is 49.4. The van der Waals surface area contributed by atoms with Gasteiger partial charge in [-0.05, 0) is 81.1 Å². The number of rotatable bonds is 4. The van der Waals surface area contributed by atoms with Crippen molar-refractivity contribution < 1.29 is 23.9 Å². The predicted molar refractivity (Wildman–Crippen MR) is 148 cm³/mol. The van der Waals surface area contributed by atoms with Crippen molar-refractivity contribution in [1.29, 1.82) is 0 Å². The third kappa shape index (κ3) is 4.06. The first-order valence-electron chi connectivity index (χ1n) is 15.9. The van der Waals surface area contributed by atoms with E-state index in [4.69, 9.17) is 9.47 Å². The van der Waals surface area contributed by atoms with Crippen LogP contribution in [0.25, 0.3) is 0 Å². The standard InChI is InChI=1S/C32H50N2O5/c1-19-10-13-32-14-11-24(38-5)26(32)31(19,4)25(16-30(3,27(35)20(32)2)22-8-6-7-9-22)39-29(37)33-28(36)23-18-34-15-12-21(23)17-34/h19-26H,6-18H2,1-5H3,(H,33,36,37)/t19-,20+,21-,23+,24-,25-,26?,30+,31+,32?/m1/s1. The van der Waals surface area contributed by atoms with Crippen LogP contribution in [-0.4, -0.2) is 61.6 Å². The number of carbonyl (C=O) groups excluding carboxylic acids is 3. The Kier molecular flexibility index (Phi) is 6.97. The maximum absolute atomic E-state index is 14.6. The van der Waals surface area contributed by atoms with Crippen LogP contribution in [0.3, 0.4) is 0 Å².